The number of carbonyl (C=O) groups is 1. The average Bonchev–Trinajstić information content (AvgIpc) is 3.34. The van der Waals surface area contributed by atoms with Crippen LogP contribution in [-0.2, 0) is 11.2 Å². The van der Waals surface area contributed by atoms with Crippen molar-refractivity contribution in [2.24, 2.45) is 0 Å². The van der Waals surface area contributed by atoms with Crippen molar-refractivity contribution in [2.45, 2.75) is 25.8 Å². The third kappa shape index (κ3) is 3.78. The van der Waals surface area contributed by atoms with Crippen molar-refractivity contribution >= 4 is 16.8 Å². The van der Waals surface area contributed by atoms with Gasteiger partial charge in [-0.3, -0.25) is 4.79 Å². The number of nitrogens with one attached hydrogen (secondary N) is 2. The molecule has 0 aliphatic carbocycles. The number of nitrogens with zero attached hydrogens (tertiary/aromatic N) is 2. The Balaban J connectivity index is 1.36. The lowest BCUT2D eigenvalue weighted by Gasteiger charge is -2.09. The van der Waals surface area contributed by atoms with Gasteiger partial charge in [-0.25, -0.2) is 4.39 Å². The van der Waals surface area contributed by atoms with Crippen LogP contribution in [0.4, 0.5) is 4.39 Å². The van der Waals surface area contributed by atoms with E-state index in [1.807, 2.05) is 30.5 Å². The zero-order chi connectivity index (χ0) is 19.5. The van der Waals surface area contributed by atoms with Gasteiger partial charge < -0.3 is 14.8 Å². The molecule has 28 heavy (non-hydrogen) atoms. The SMILES string of the molecule is C[C@H](NC(=O)CCc1c[nH]c2ccccc12)c1nc(-c2ccc(F)cc2)no1. The number of benzene rings is 2. The maximum absolute atomic E-state index is 13.0. The van der Waals surface area contributed by atoms with E-state index in [-0.39, 0.29) is 11.7 Å². The van der Waals surface area contributed by atoms with Gasteiger partial charge in [-0.2, -0.15) is 4.98 Å². The molecular weight excluding hydrogens is 359 g/mol. The zero-order valence-electron chi connectivity index (χ0n) is 15.3. The third-order valence-electron chi connectivity index (χ3n) is 4.59. The fraction of sp³-hybridized carbons (Fsp3) is 0.190. The van der Waals surface area contributed by atoms with Gasteiger partial charge in [0.2, 0.25) is 17.6 Å². The number of aromatic amines is 1. The first-order valence-corrected chi connectivity index (χ1v) is 9.04. The molecule has 0 fully saturated rings. The van der Waals surface area contributed by atoms with Crippen LogP contribution in [0.25, 0.3) is 22.3 Å². The van der Waals surface area contributed by atoms with Gasteiger partial charge in [0.05, 0.1) is 0 Å². The molecule has 1 amide bonds. The monoisotopic (exact) mass is 378 g/mol. The predicted octanol–water partition coefficient (Wildman–Crippen LogP) is 4.17. The first kappa shape index (κ1) is 17.9. The Morgan fingerprint density at radius 1 is 1.21 bits per heavy atom. The van der Waals surface area contributed by atoms with Gasteiger partial charge in [0.1, 0.15) is 11.9 Å². The Kier molecular flexibility index (Phi) is 4.89. The van der Waals surface area contributed by atoms with Gasteiger partial charge in [-0.05, 0) is 49.2 Å². The van der Waals surface area contributed by atoms with E-state index in [1.165, 1.54) is 12.1 Å². The summed E-state index contributed by atoms with van der Waals surface area (Å²) in [4.78, 5) is 19.8. The van der Waals surface area contributed by atoms with E-state index >= 15 is 0 Å². The van der Waals surface area contributed by atoms with Crippen LogP contribution < -0.4 is 5.32 Å². The standard InChI is InChI=1S/C21H19FN4O2/c1-13(21-25-20(26-28-21)14-6-9-16(22)10-7-14)24-19(27)11-8-15-12-23-18-5-3-2-4-17(15)18/h2-7,9-10,12-13,23H,8,11H2,1H3,(H,24,27)/t13-/m0/s1. The Morgan fingerprint density at radius 2 is 2.00 bits per heavy atom. The largest absolute Gasteiger partial charge is 0.361 e. The van der Waals surface area contributed by atoms with Crippen LogP contribution in [0.1, 0.15) is 30.8 Å². The second-order valence-corrected chi connectivity index (χ2v) is 6.61. The molecule has 0 aliphatic rings. The highest BCUT2D eigenvalue weighted by molar-refractivity contribution is 5.84. The van der Waals surface area contributed by atoms with Crippen LogP contribution in [-0.4, -0.2) is 21.0 Å². The molecule has 4 rings (SSSR count). The van der Waals surface area contributed by atoms with Crippen molar-refractivity contribution in [2.75, 3.05) is 0 Å². The number of carbonyl (C=O) groups excluding carboxylic acids is 1. The summed E-state index contributed by atoms with van der Waals surface area (Å²) < 4.78 is 18.3. The van der Waals surface area contributed by atoms with Crippen LogP contribution in [0.5, 0.6) is 0 Å². The number of aryl methyl sites for hydroxylation is 1. The van der Waals surface area contributed by atoms with Crippen LogP contribution in [0, 0.1) is 5.82 Å². The predicted molar refractivity (Wildman–Crippen MR) is 103 cm³/mol. The summed E-state index contributed by atoms with van der Waals surface area (Å²) in [5.74, 6) is 0.234. The molecule has 2 aromatic carbocycles. The van der Waals surface area contributed by atoms with Gasteiger partial charge in [-0.15, -0.1) is 0 Å². The normalized spacial score (nSPS) is 12.2. The van der Waals surface area contributed by atoms with Crippen LogP contribution in [0.15, 0.2) is 59.3 Å². The second kappa shape index (κ2) is 7.64. The number of halogens is 1. The molecule has 0 saturated carbocycles. The van der Waals surface area contributed by atoms with Crippen molar-refractivity contribution in [1.82, 2.24) is 20.4 Å². The molecule has 2 heterocycles. The van der Waals surface area contributed by atoms with Gasteiger partial charge in [0.25, 0.3) is 0 Å². The second-order valence-electron chi connectivity index (χ2n) is 6.61. The molecule has 0 unspecified atom stereocenters. The molecule has 0 radical (unpaired) electrons. The minimum Gasteiger partial charge on any atom is -0.361 e. The topological polar surface area (TPSA) is 83.8 Å². The van der Waals surface area contributed by atoms with Crippen LogP contribution in [0.2, 0.25) is 0 Å². The molecule has 6 nitrogen and oxygen atoms in total. The molecule has 2 N–H and O–H groups in total. The Morgan fingerprint density at radius 3 is 2.82 bits per heavy atom. The molecule has 0 saturated heterocycles. The lowest BCUT2D eigenvalue weighted by molar-refractivity contribution is -0.121. The van der Waals surface area contributed by atoms with Gasteiger partial charge in [0.15, 0.2) is 0 Å². The number of aromatic nitrogens is 3. The van der Waals surface area contributed by atoms with Crippen molar-refractivity contribution in [1.29, 1.82) is 0 Å². The van der Waals surface area contributed by atoms with Crippen molar-refractivity contribution in [3.8, 4) is 11.4 Å². The summed E-state index contributed by atoms with van der Waals surface area (Å²) in [5.41, 5.74) is 2.81. The van der Waals surface area contributed by atoms with Gasteiger partial charge in [-0.1, -0.05) is 23.4 Å². The summed E-state index contributed by atoms with van der Waals surface area (Å²) >= 11 is 0. The maximum atomic E-state index is 13.0. The number of hydrogen-bond donors (Lipinski definition) is 2. The highest BCUT2D eigenvalue weighted by Crippen LogP contribution is 2.20. The molecular formula is C21H19FN4O2. The highest BCUT2D eigenvalue weighted by Gasteiger charge is 2.17. The Hall–Kier alpha value is -3.48. The van der Waals surface area contributed by atoms with Gasteiger partial charge >= 0.3 is 0 Å². The number of fused-ring (bicyclic) bond motifs is 1. The number of para-hydroxylation sites is 1. The molecule has 2 aromatic heterocycles. The minimum atomic E-state index is -0.419. The van der Waals surface area contributed by atoms with E-state index < -0.39 is 6.04 Å². The van der Waals surface area contributed by atoms with E-state index in [9.17, 15) is 9.18 Å². The van der Waals surface area contributed by atoms with E-state index in [1.54, 1.807) is 19.1 Å². The lowest BCUT2D eigenvalue weighted by Crippen LogP contribution is -2.27. The number of H-pyrrole nitrogens is 1. The summed E-state index contributed by atoms with van der Waals surface area (Å²) in [6, 6.07) is 13.4. The van der Waals surface area contributed by atoms with E-state index in [0.717, 1.165) is 16.5 Å². The van der Waals surface area contributed by atoms with Crippen LogP contribution in [0.3, 0.4) is 0 Å². The molecule has 1 atom stereocenters. The summed E-state index contributed by atoms with van der Waals surface area (Å²) in [5, 5.41) is 7.91. The fourth-order valence-corrected chi connectivity index (χ4v) is 3.09. The summed E-state index contributed by atoms with van der Waals surface area (Å²) in [7, 11) is 0. The quantitative estimate of drug-likeness (QED) is 0.527. The number of rotatable bonds is 6. The molecule has 142 valence electrons. The van der Waals surface area contributed by atoms with Gasteiger partial charge in [0, 0.05) is 29.1 Å². The van der Waals surface area contributed by atoms with E-state index in [4.69, 9.17) is 4.52 Å². The zero-order valence-corrected chi connectivity index (χ0v) is 15.3. The minimum absolute atomic E-state index is 0.0979. The fourth-order valence-electron chi connectivity index (χ4n) is 3.09. The number of hydrogen-bond acceptors (Lipinski definition) is 4. The van der Waals surface area contributed by atoms with E-state index in [2.05, 4.69) is 20.4 Å². The molecule has 7 heteroatoms. The smallest absolute Gasteiger partial charge is 0.249 e. The first-order chi connectivity index (χ1) is 13.6. The Bertz CT molecular complexity index is 1100. The molecule has 0 spiro atoms. The molecule has 0 bridgehead atoms. The van der Waals surface area contributed by atoms with Crippen molar-refractivity contribution in [3.63, 3.8) is 0 Å². The van der Waals surface area contributed by atoms with Crippen LogP contribution >= 0.6 is 0 Å². The highest BCUT2D eigenvalue weighted by atomic mass is 19.1. The third-order valence-corrected chi connectivity index (χ3v) is 4.59. The number of amides is 1. The maximum Gasteiger partial charge on any atom is 0.249 e. The Labute approximate surface area is 160 Å². The van der Waals surface area contributed by atoms with E-state index in [0.29, 0.717) is 30.1 Å². The van der Waals surface area contributed by atoms with Crippen molar-refractivity contribution in [3.05, 3.63) is 72.0 Å². The summed E-state index contributed by atoms with van der Waals surface area (Å²) in [6.07, 6.45) is 2.92. The summed E-state index contributed by atoms with van der Waals surface area (Å²) in [6.45, 7) is 1.78. The average molecular weight is 378 g/mol. The lowest BCUT2D eigenvalue weighted by atomic mass is 10.1. The molecule has 4 aromatic rings. The first-order valence-electron chi connectivity index (χ1n) is 9.04. The van der Waals surface area contributed by atoms with Crippen molar-refractivity contribution < 1.29 is 13.7 Å². The molecule has 0 aliphatic heterocycles.